The van der Waals surface area contributed by atoms with Crippen molar-refractivity contribution in [1.29, 1.82) is 0 Å². The van der Waals surface area contributed by atoms with Gasteiger partial charge in [0.05, 0.1) is 0 Å². The Bertz CT molecular complexity index is 364. The molecular weight excluding hydrogens is 617 g/mol. The molecule has 0 bridgehead atoms. The second kappa shape index (κ2) is 33.7. The molecule has 0 aromatic heterocycles. The highest BCUT2D eigenvalue weighted by Crippen LogP contribution is 2.20. The van der Waals surface area contributed by atoms with E-state index in [0.29, 0.717) is 15.7 Å². The van der Waals surface area contributed by atoms with Gasteiger partial charge in [-0.2, -0.15) is 123 Å². The van der Waals surface area contributed by atoms with Crippen LogP contribution in [0, 0.1) is 0 Å². The minimum absolute atomic E-state index is 0.111. The molecule has 0 aliphatic carbocycles. The monoisotopic (exact) mass is 656 g/mol. The molecule has 0 amide bonds. The van der Waals surface area contributed by atoms with Crippen LogP contribution >= 0.6 is 123 Å². The van der Waals surface area contributed by atoms with Crippen molar-refractivity contribution in [2.24, 2.45) is 0 Å². The molecule has 0 saturated carbocycles. The van der Waals surface area contributed by atoms with Crippen molar-refractivity contribution in [3.63, 3.8) is 0 Å². The van der Waals surface area contributed by atoms with Gasteiger partial charge in [0.1, 0.15) is 6.79 Å². The highest BCUT2D eigenvalue weighted by molar-refractivity contribution is 8.29. The smallest absolute Gasteiger partial charge is 0.106 e. The molecule has 0 aliphatic rings. The lowest BCUT2D eigenvalue weighted by Gasteiger charge is -2.18. The van der Waals surface area contributed by atoms with Gasteiger partial charge in [0.25, 0.3) is 0 Å². The summed E-state index contributed by atoms with van der Waals surface area (Å²) >= 11 is 39.1. The Kier molecular flexibility index (Phi) is 42.7. The minimum atomic E-state index is 0.111. The summed E-state index contributed by atoms with van der Waals surface area (Å²) in [5.41, 5.74) is 0. The minimum Gasteiger partial charge on any atom is -0.307 e. The third kappa shape index (κ3) is 28.2. The van der Waals surface area contributed by atoms with Crippen LogP contribution in [0.5, 0.6) is 0 Å². The van der Waals surface area contributed by atoms with Gasteiger partial charge in [-0.25, -0.2) is 0 Å². The predicted octanol–water partition coefficient (Wildman–Crippen LogP) is 5.51. The van der Waals surface area contributed by atoms with E-state index in [-0.39, 0.29) is 9.45 Å². The maximum absolute atomic E-state index is 8.00. The van der Waals surface area contributed by atoms with Crippen LogP contribution in [-0.2, 0) is 25.4 Å². The molecule has 0 rings (SSSR count). The van der Waals surface area contributed by atoms with Crippen molar-refractivity contribution in [2.75, 3.05) is 74.8 Å². The van der Waals surface area contributed by atoms with Gasteiger partial charge >= 0.3 is 0 Å². The first-order valence-corrected chi connectivity index (χ1v) is 20.3. The molecule has 190 valence electrons. The van der Waals surface area contributed by atoms with Crippen molar-refractivity contribution in [3.8, 4) is 0 Å². The molecule has 0 aromatic carbocycles. The van der Waals surface area contributed by atoms with Gasteiger partial charge < -0.3 is 4.79 Å². The van der Waals surface area contributed by atoms with Crippen LogP contribution in [0.1, 0.15) is 6.92 Å². The Hall–Kier alpha value is 3.74. The molecule has 0 aromatic rings. The van der Waals surface area contributed by atoms with E-state index in [1.165, 1.54) is 11.5 Å². The molecule has 4 atom stereocenters. The van der Waals surface area contributed by atoms with E-state index < -0.39 is 0 Å². The number of rotatable bonds is 19. The molecular formula is C18H40OS12. The van der Waals surface area contributed by atoms with Crippen molar-refractivity contribution in [3.05, 3.63) is 0 Å². The van der Waals surface area contributed by atoms with E-state index in [2.05, 4.69) is 82.7 Å². The van der Waals surface area contributed by atoms with Gasteiger partial charge in [0, 0.05) is 67.5 Å². The fourth-order valence-corrected chi connectivity index (χ4v) is 11.5. The first-order valence-electron chi connectivity index (χ1n) is 9.74. The molecule has 0 aliphatic heterocycles. The molecule has 4 unspecified atom stereocenters. The van der Waals surface area contributed by atoms with E-state index in [0.717, 1.165) is 63.3 Å². The lowest BCUT2D eigenvalue weighted by molar-refractivity contribution is -0.0979. The Labute approximate surface area is 249 Å². The number of thioether (sulfide) groups is 4. The van der Waals surface area contributed by atoms with Crippen LogP contribution in [-0.4, -0.2) is 97.3 Å². The third-order valence-corrected chi connectivity index (χ3v) is 15.6. The van der Waals surface area contributed by atoms with Gasteiger partial charge in [-0.1, -0.05) is 18.1 Å². The summed E-state index contributed by atoms with van der Waals surface area (Å²) in [6, 6.07) is 0. The highest BCUT2D eigenvalue weighted by Gasteiger charge is 2.13. The maximum atomic E-state index is 8.00. The second-order valence-electron chi connectivity index (χ2n) is 5.61. The lowest BCUT2D eigenvalue weighted by atomic mass is 10.5. The summed E-state index contributed by atoms with van der Waals surface area (Å²) in [5.74, 6) is 13.7. The summed E-state index contributed by atoms with van der Waals surface area (Å²) in [6.07, 6.45) is 0. The molecule has 0 spiro atoms. The molecule has 0 fully saturated rings. The van der Waals surface area contributed by atoms with Gasteiger partial charge in [-0.3, -0.25) is 0 Å². The topological polar surface area (TPSA) is 17.1 Å². The predicted molar refractivity (Wildman–Crippen MR) is 186 cm³/mol. The van der Waals surface area contributed by atoms with Crippen LogP contribution in [0.15, 0.2) is 0 Å². The van der Waals surface area contributed by atoms with Crippen LogP contribution < -0.4 is 0 Å². The zero-order valence-electron chi connectivity index (χ0n) is 18.2. The Balaban J connectivity index is -0.000000492. The maximum Gasteiger partial charge on any atom is 0.106 e. The van der Waals surface area contributed by atoms with Crippen LogP contribution in [0.3, 0.4) is 0 Å². The first kappa shape index (κ1) is 39.3. The van der Waals surface area contributed by atoms with Crippen molar-refractivity contribution >= 4 is 150 Å². The Morgan fingerprint density at radius 3 is 1.55 bits per heavy atom. The average molecular weight is 657 g/mol. The molecule has 31 heavy (non-hydrogen) atoms. The van der Waals surface area contributed by atoms with Crippen molar-refractivity contribution in [2.45, 2.75) is 22.7 Å². The quantitative estimate of drug-likeness (QED) is 0.0808. The molecule has 0 saturated heterocycles. The second-order valence-corrected chi connectivity index (χ2v) is 16.4. The standard InChI is InChI=1S/C10H22S7.C7H16S5.CH2O/c1-2-17(14)10(6-13)8-15-7-9(5-12)16-4-3-11;8-1-3-11-6-7(5-10)12-4-2-9;1-2/h9-13H,2-8H2,1H3;7-10H,1-6H2;1H2. The molecule has 1 nitrogen and oxygen atoms in total. The van der Waals surface area contributed by atoms with Gasteiger partial charge in [-0.05, 0) is 23.0 Å². The summed E-state index contributed by atoms with van der Waals surface area (Å²) in [4.78, 5) is 8.00. The van der Waals surface area contributed by atoms with E-state index >= 15 is 0 Å². The largest absolute Gasteiger partial charge is 0.307 e. The molecule has 0 radical (unpaired) electrons. The highest BCUT2D eigenvalue weighted by atomic mass is 32.8. The Morgan fingerprint density at radius 2 is 1.19 bits per heavy atom. The number of hydrogen-bond acceptors (Lipinski definition) is 12. The summed E-state index contributed by atoms with van der Waals surface area (Å²) in [7, 11) is 0.111. The summed E-state index contributed by atoms with van der Waals surface area (Å²) in [5, 5.41) is 1.92. The van der Waals surface area contributed by atoms with Crippen molar-refractivity contribution in [1.82, 2.24) is 0 Å². The number of carbonyl (C=O) groups excluding carboxylic acids is 1. The van der Waals surface area contributed by atoms with E-state index in [1.807, 2.05) is 53.8 Å². The number of hydrogen-bond donors (Lipinski definition) is 6. The SMILES string of the molecule is C=O.CCS(=S)C(CS)CSCC(CS)SCCS.SCCSCC(CS)SCCS. The van der Waals surface area contributed by atoms with Crippen LogP contribution in [0.25, 0.3) is 0 Å². The summed E-state index contributed by atoms with van der Waals surface area (Å²) in [6.45, 7) is 4.18. The first-order chi connectivity index (χ1) is 15.0. The van der Waals surface area contributed by atoms with E-state index in [9.17, 15) is 0 Å². The third-order valence-electron chi connectivity index (χ3n) is 3.30. The average Bonchev–Trinajstić information content (AvgIpc) is 2.82. The Morgan fingerprint density at radius 1 is 0.742 bits per heavy atom. The molecule has 0 heterocycles. The summed E-state index contributed by atoms with van der Waals surface area (Å²) < 4.78 is 0. The fourth-order valence-electron chi connectivity index (χ4n) is 1.80. The van der Waals surface area contributed by atoms with E-state index in [1.54, 1.807) is 0 Å². The van der Waals surface area contributed by atoms with Crippen molar-refractivity contribution < 1.29 is 4.79 Å². The van der Waals surface area contributed by atoms with Crippen LogP contribution in [0.2, 0.25) is 0 Å². The molecule has 0 N–H and O–H groups in total. The van der Waals surface area contributed by atoms with Gasteiger partial charge in [-0.15, -0.1) is 9.45 Å². The number of carbonyl (C=O) groups is 1. The van der Waals surface area contributed by atoms with Gasteiger partial charge in [0.2, 0.25) is 0 Å². The normalized spacial score (nSPS) is 14.4. The van der Waals surface area contributed by atoms with Crippen LogP contribution in [0.4, 0.5) is 0 Å². The lowest BCUT2D eigenvalue weighted by Crippen LogP contribution is -2.22. The zero-order valence-corrected chi connectivity index (χ0v) is 28.4. The fraction of sp³-hybridized carbons (Fsp3) is 0.944. The zero-order chi connectivity index (χ0) is 24.3. The molecule has 13 heteroatoms. The van der Waals surface area contributed by atoms with Gasteiger partial charge in [0.15, 0.2) is 0 Å². The number of thiol groups is 6. The van der Waals surface area contributed by atoms with E-state index in [4.69, 9.17) is 16.0 Å².